The zero-order valence-electron chi connectivity index (χ0n) is 9.78. The minimum atomic E-state index is -0.900. The summed E-state index contributed by atoms with van der Waals surface area (Å²) in [6, 6.07) is 9.50. The maximum Gasteiger partial charge on any atom is 0.363 e. The van der Waals surface area contributed by atoms with E-state index in [1.165, 1.54) is 6.33 Å². The SMILES string of the molecule is O=c1[nH]c2ncn(Cc3ccccc3)c2c(=O)n1O. The van der Waals surface area contributed by atoms with E-state index < -0.39 is 11.2 Å². The van der Waals surface area contributed by atoms with Gasteiger partial charge in [-0.1, -0.05) is 35.1 Å². The van der Waals surface area contributed by atoms with Crippen LogP contribution in [0.2, 0.25) is 0 Å². The summed E-state index contributed by atoms with van der Waals surface area (Å²) in [6.45, 7) is 0.429. The quantitative estimate of drug-likeness (QED) is 0.641. The number of rotatable bonds is 2. The van der Waals surface area contributed by atoms with E-state index >= 15 is 0 Å². The van der Waals surface area contributed by atoms with Gasteiger partial charge in [-0.05, 0) is 5.56 Å². The Bertz CT molecular complexity index is 845. The largest absolute Gasteiger partial charge is 0.421 e. The van der Waals surface area contributed by atoms with Gasteiger partial charge >= 0.3 is 11.2 Å². The first-order valence-electron chi connectivity index (χ1n) is 5.60. The van der Waals surface area contributed by atoms with Gasteiger partial charge in [-0.2, -0.15) is 0 Å². The lowest BCUT2D eigenvalue weighted by atomic mass is 10.2. The summed E-state index contributed by atoms with van der Waals surface area (Å²) in [6.07, 6.45) is 1.45. The summed E-state index contributed by atoms with van der Waals surface area (Å²) in [5.41, 5.74) is -0.381. The highest BCUT2D eigenvalue weighted by Gasteiger charge is 2.12. The van der Waals surface area contributed by atoms with Crippen molar-refractivity contribution in [2.75, 3.05) is 0 Å². The van der Waals surface area contributed by atoms with E-state index in [9.17, 15) is 14.8 Å². The van der Waals surface area contributed by atoms with Crippen LogP contribution in [0, 0.1) is 0 Å². The monoisotopic (exact) mass is 258 g/mol. The fourth-order valence-electron chi connectivity index (χ4n) is 1.94. The molecule has 0 atom stereocenters. The maximum absolute atomic E-state index is 11.9. The topological polar surface area (TPSA) is 92.9 Å². The van der Waals surface area contributed by atoms with E-state index in [1.807, 2.05) is 30.3 Å². The first kappa shape index (κ1) is 11.3. The van der Waals surface area contributed by atoms with E-state index in [0.717, 1.165) is 5.56 Å². The van der Waals surface area contributed by atoms with Gasteiger partial charge in [0.05, 0.1) is 6.33 Å². The molecule has 7 heteroatoms. The second kappa shape index (κ2) is 4.13. The molecule has 96 valence electrons. The smallest absolute Gasteiger partial charge is 0.363 e. The van der Waals surface area contributed by atoms with Crippen molar-refractivity contribution < 1.29 is 5.21 Å². The second-order valence-electron chi connectivity index (χ2n) is 4.10. The van der Waals surface area contributed by atoms with Gasteiger partial charge in [0.1, 0.15) is 0 Å². The lowest BCUT2D eigenvalue weighted by Crippen LogP contribution is -2.34. The molecule has 0 fully saturated rings. The van der Waals surface area contributed by atoms with Gasteiger partial charge in [0.15, 0.2) is 11.2 Å². The molecule has 0 spiro atoms. The van der Waals surface area contributed by atoms with Gasteiger partial charge in [-0.25, -0.2) is 9.78 Å². The molecule has 0 saturated carbocycles. The van der Waals surface area contributed by atoms with Crippen LogP contribution < -0.4 is 11.2 Å². The van der Waals surface area contributed by atoms with Crippen molar-refractivity contribution in [3.8, 4) is 0 Å². The summed E-state index contributed by atoms with van der Waals surface area (Å²) in [5, 5.41) is 9.33. The number of aromatic nitrogens is 4. The van der Waals surface area contributed by atoms with Crippen LogP contribution >= 0.6 is 0 Å². The van der Waals surface area contributed by atoms with Gasteiger partial charge in [0, 0.05) is 6.54 Å². The van der Waals surface area contributed by atoms with Gasteiger partial charge in [-0.15, -0.1) is 0 Å². The molecule has 0 amide bonds. The van der Waals surface area contributed by atoms with E-state index in [-0.39, 0.29) is 15.9 Å². The molecular weight excluding hydrogens is 248 g/mol. The summed E-state index contributed by atoms with van der Waals surface area (Å²) >= 11 is 0. The average molecular weight is 258 g/mol. The van der Waals surface area contributed by atoms with E-state index in [2.05, 4.69) is 9.97 Å². The van der Waals surface area contributed by atoms with Crippen molar-refractivity contribution in [2.45, 2.75) is 6.54 Å². The third-order valence-electron chi connectivity index (χ3n) is 2.85. The number of aromatic amines is 1. The Morgan fingerprint density at radius 1 is 1.21 bits per heavy atom. The Balaban J connectivity index is 2.19. The summed E-state index contributed by atoms with van der Waals surface area (Å²) in [7, 11) is 0. The Kier molecular flexibility index (Phi) is 2.45. The van der Waals surface area contributed by atoms with Crippen LogP contribution in [-0.2, 0) is 6.54 Å². The highest BCUT2D eigenvalue weighted by molar-refractivity contribution is 5.69. The lowest BCUT2D eigenvalue weighted by Gasteiger charge is -2.03. The number of imidazole rings is 1. The second-order valence-corrected chi connectivity index (χ2v) is 4.10. The van der Waals surface area contributed by atoms with Crippen LogP contribution in [0.25, 0.3) is 11.2 Å². The standard InChI is InChI=1S/C12H10N4O3/c17-11-9-10(14-12(18)16(11)19)13-7-15(9)6-8-4-2-1-3-5-8/h1-5,7,19H,6H2,(H,14,18). The summed E-state index contributed by atoms with van der Waals surface area (Å²) in [4.78, 5) is 29.4. The molecule has 0 unspecified atom stereocenters. The van der Waals surface area contributed by atoms with Gasteiger partial charge in [0.2, 0.25) is 0 Å². The minimum Gasteiger partial charge on any atom is -0.421 e. The Labute approximate surface area is 106 Å². The molecule has 3 aromatic rings. The van der Waals surface area contributed by atoms with Crippen LogP contribution in [0.3, 0.4) is 0 Å². The molecule has 0 aliphatic heterocycles. The van der Waals surface area contributed by atoms with Crippen LogP contribution in [0.5, 0.6) is 0 Å². The van der Waals surface area contributed by atoms with Crippen molar-refractivity contribution >= 4 is 11.2 Å². The highest BCUT2D eigenvalue weighted by atomic mass is 16.5. The molecule has 1 aromatic carbocycles. The predicted octanol–water partition coefficient (Wildman–Crippen LogP) is 0.172. The molecule has 2 aromatic heterocycles. The first-order valence-corrected chi connectivity index (χ1v) is 5.60. The fraction of sp³-hybridized carbons (Fsp3) is 0.0833. The third-order valence-corrected chi connectivity index (χ3v) is 2.85. The third kappa shape index (κ3) is 1.81. The normalized spacial score (nSPS) is 10.9. The zero-order chi connectivity index (χ0) is 13.4. The molecule has 2 heterocycles. The zero-order valence-corrected chi connectivity index (χ0v) is 9.78. The predicted molar refractivity (Wildman–Crippen MR) is 67.3 cm³/mol. The Morgan fingerprint density at radius 2 is 1.95 bits per heavy atom. The molecule has 3 rings (SSSR count). The van der Waals surface area contributed by atoms with E-state index in [0.29, 0.717) is 6.54 Å². The first-order chi connectivity index (χ1) is 9.16. The molecular formula is C12H10N4O3. The molecule has 0 aliphatic rings. The van der Waals surface area contributed by atoms with Crippen LogP contribution in [0.4, 0.5) is 0 Å². The van der Waals surface area contributed by atoms with Crippen molar-refractivity contribution in [3.05, 3.63) is 63.1 Å². The number of nitrogens with one attached hydrogen (secondary N) is 1. The Morgan fingerprint density at radius 3 is 2.68 bits per heavy atom. The number of hydrogen-bond donors (Lipinski definition) is 2. The van der Waals surface area contributed by atoms with Crippen molar-refractivity contribution in [1.82, 2.24) is 19.3 Å². The Hall–Kier alpha value is -2.83. The molecule has 0 aliphatic carbocycles. The highest BCUT2D eigenvalue weighted by Crippen LogP contribution is 2.07. The molecule has 0 radical (unpaired) electrons. The average Bonchev–Trinajstić information content (AvgIpc) is 2.80. The van der Waals surface area contributed by atoms with Crippen molar-refractivity contribution in [3.63, 3.8) is 0 Å². The maximum atomic E-state index is 11.9. The number of benzene rings is 1. The van der Waals surface area contributed by atoms with E-state index in [4.69, 9.17) is 0 Å². The van der Waals surface area contributed by atoms with Crippen LogP contribution in [0.1, 0.15) is 5.56 Å². The summed E-state index contributed by atoms with van der Waals surface area (Å²) < 4.78 is 1.63. The van der Waals surface area contributed by atoms with Crippen LogP contribution in [-0.4, -0.2) is 24.5 Å². The molecule has 19 heavy (non-hydrogen) atoms. The van der Waals surface area contributed by atoms with E-state index in [1.54, 1.807) is 4.57 Å². The minimum absolute atomic E-state index is 0.0471. The summed E-state index contributed by atoms with van der Waals surface area (Å²) in [5.74, 6) is 0. The number of hydrogen-bond acceptors (Lipinski definition) is 4. The fourth-order valence-corrected chi connectivity index (χ4v) is 1.94. The molecule has 0 bridgehead atoms. The van der Waals surface area contributed by atoms with Gasteiger partial charge in [0.25, 0.3) is 0 Å². The van der Waals surface area contributed by atoms with Gasteiger partial charge < -0.3 is 9.77 Å². The lowest BCUT2D eigenvalue weighted by molar-refractivity contribution is 0.162. The molecule has 2 N–H and O–H groups in total. The number of H-pyrrole nitrogens is 1. The van der Waals surface area contributed by atoms with Crippen molar-refractivity contribution in [2.24, 2.45) is 0 Å². The molecule has 7 nitrogen and oxygen atoms in total. The number of fused-ring (bicyclic) bond motifs is 1. The molecule has 0 saturated heterocycles. The van der Waals surface area contributed by atoms with Gasteiger partial charge in [-0.3, -0.25) is 9.78 Å². The van der Waals surface area contributed by atoms with Crippen LogP contribution in [0.15, 0.2) is 46.2 Å². The van der Waals surface area contributed by atoms with Crippen molar-refractivity contribution in [1.29, 1.82) is 0 Å². The number of nitrogens with zero attached hydrogens (tertiary/aromatic N) is 3.